The first kappa shape index (κ1) is 23.5. The zero-order valence-electron chi connectivity index (χ0n) is 20.3. The van der Waals surface area contributed by atoms with Gasteiger partial charge in [-0.1, -0.05) is 48.6 Å². The molecule has 2 aromatic carbocycles. The first-order valence-electron chi connectivity index (χ1n) is 12.1. The molecule has 3 aromatic rings. The van der Waals surface area contributed by atoms with Crippen LogP contribution in [0.1, 0.15) is 37.7 Å². The maximum atomic E-state index is 13.9. The van der Waals surface area contributed by atoms with Crippen molar-refractivity contribution in [2.45, 2.75) is 37.8 Å². The molecular formula is C25H29N9O2. The first-order valence-corrected chi connectivity index (χ1v) is 12.1. The average molecular weight is 488 g/mol. The van der Waals surface area contributed by atoms with E-state index in [1.807, 2.05) is 43.4 Å². The van der Waals surface area contributed by atoms with Crippen LogP contribution in [0.5, 0.6) is 0 Å². The number of nitrogens with one attached hydrogen (secondary N) is 3. The summed E-state index contributed by atoms with van der Waals surface area (Å²) in [5, 5.41) is 19.7. The van der Waals surface area contributed by atoms with Crippen molar-refractivity contribution in [1.29, 1.82) is 0 Å². The highest BCUT2D eigenvalue weighted by molar-refractivity contribution is 6.09. The molecule has 0 bridgehead atoms. The van der Waals surface area contributed by atoms with Gasteiger partial charge in [0.2, 0.25) is 11.6 Å². The van der Waals surface area contributed by atoms with Crippen LogP contribution in [-0.4, -0.2) is 58.5 Å². The number of hydrogen-bond acceptors (Lipinski definition) is 7. The summed E-state index contributed by atoms with van der Waals surface area (Å²) >= 11 is 0. The van der Waals surface area contributed by atoms with Gasteiger partial charge in [-0.25, -0.2) is 9.89 Å². The minimum absolute atomic E-state index is 0.103. The molecule has 1 aliphatic heterocycles. The smallest absolute Gasteiger partial charge is 0.313 e. The maximum absolute atomic E-state index is 13.9. The Morgan fingerprint density at radius 1 is 1.14 bits per heavy atom. The van der Waals surface area contributed by atoms with E-state index in [1.54, 1.807) is 35.2 Å². The van der Waals surface area contributed by atoms with Crippen LogP contribution in [0, 0.1) is 5.92 Å². The first-order chi connectivity index (χ1) is 17.5. The van der Waals surface area contributed by atoms with E-state index >= 15 is 0 Å². The molecule has 11 nitrogen and oxygen atoms in total. The highest BCUT2D eigenvalue weighted by Gasteiger charge is 2.49. The second-order valence-electron chi connectivity index (χ2n) is 9.20. The molecule has 186 valence electrons. The van der Waals surface area contributed by atoms with Crippen molar-refractivity contribution in [3.05, 3.63) is 54.1 Å². The summed E-state index contributed by atoms with van der Waals surface area (Å²) in [7, 11) is 3.55. The molecule has 2 aliphatic rings. The van der Waals surface area contributed by atoms with Crippen molar-refractivity contribution >= 4 is 41.2 Å². The van der Waals surface area contributed by atoms with Crippen molar-refractivity contribution in [2.24, 2.45) is 10.9 Å². The Morgan fingerprint density at radius 2 is 1.94 bits per heavy atom. The standard InChI is InChI=1S/C25H29N9O2/c1-33(23-29-31-32-30-23)20-13-8-12-19(15-20)27-24(36)28-25(18-10-4-3-5-11-18)22(35)34(2)21-14-7-6-9-17(21)16-26-25/h6-9,12-16,18H,3-5,10-11H2,1-2H3,(H2,27,28,36)(H,29,30,31,32)/t25-/m0/s1. The van der Waals surface area contributed by atoms with E-state index in [4.69, 9.17) is 4.99 Å². The Labute approximate surface area is 209 Å². The molecule has 1 atom stereocenters. The normalized spacial score (nSPS) is 19.9. The van der Waals surface area contributed by atoms with Crippen LogP contribution in [0.15, 0.2) is 53.5 Å². The van der Waals surface area contributed by atoms with E-state index in [1.165, 1.54) is 0 Å². The second kappa shape index (κ2) is 9.76. The van der Waals surface area contributed by atoms with Crippen molar-refractivity contribution in [3.63, 3.8) is 0 Å². The SMILES string of the molecule is CN1C(=O)[C@@](NC(=O)Nc2cccc(N(C)c3nnn[nH]3)c2)(C2CCCCC2)N=Cc2ccccc21. The maximum Gasteiger partial charge on any atom is 0.321 e. The van der Waals surface area contributed by atoms with Crippen LogP contribution in [0.2, 0.25) is 0 Å². The number of carbonyl (C=O) groups is 2. The average Bonchev–Trinajstić information content (AvgIpc) is 3.43. The number of urea groups is 1. The predicted molar refractivity (Wildman–Crippen MR) is 138 cm³/mol. The Kier molecular flexibility index (Phi) is 6.36. The molecule has 3 N–H and O–H groups in total. The number of aromatic amines is 1. The number of para-hydroxylation sites is 1. The molecule has 3 amide bonds. The van der Waals surface area contributed by atoms with Gasteiger partial charge in [0.05, 0.1) is 5.69 Å². The molecule has 5 rings (SSSR count). The number of benzene rings is 2. The predicted octanol–water partition coefficient (Wildman–Crippen LogP) is 3.46. The van der Waals surface area contributed by atoms with Gasteiger partial charge in [-0.2, -0.15) is 0 Å². The number of fused-ring (bicyclic) bond motifs is 1. The number of tetrazole rings is 1. The molecule has 1 fully saturated rings. The van der Waals surface area contributed by atoms with E-state index in [0.29, 0.717) is 11.6 Å². The Morgan fingerprint density at radius 3 is 2.72 bits per heavy atom. The van der Waals surface area contributed by atoms with Gasteiger partial charge >= 0.3 is 6.03 Å². The molecule has 36 heavy (non-hydrogen) atoms. The number of benzodiazepines with no additional fused rings is 1. The zero-order valence-corrected chi connectivity index (χ0v) is 20.3. The molecule has 0 saturated heterocycles. The monoisotopic (exact) mass is 487 g/mol. The molecule has 1 saturated carbocycles. The number of anilines is 4. The van der Waals surface area contributed by atoms with Crippen molar-refractivity contribution in [2.75, 3.05) is 29.2 Å². The lowest BCUT2D eigenvalue weighted by molar-refractivity contribution is -0.126. The van der Waals surface area contributed by atoms with Gasteiger partial charge in [0.1, 0.15) is 0 Å². The number of H-pyrrole nitrogens is 1. The minimum atomic E-state index is -1.39. The van der Waals surface area contributed by atoms with Crippen LogP contribution in [0.25, 0.3) is 0 Å². The number of carbonyl (C=O) groups excluding carboxylic acids is 2. The van der Waals surface area contributed by atoms with E-state index < -0.39 is 11.7 Å². The van der Waals surface area contributed by atoms with Gasteiger partial charge in [0.15, 0.2) is 0 Å². The molecule has 0 spiro atoms. The van der Waals surface area contributed by atoms with Gasteiger partial charge in [-0.15, -0.1) is 0 Å². The molecular weight excluding hydrogens is 458 g/mol. The summed E-state index contributed by atoms with van der Waals surface area (Å²) in [6.07, 6.45) is 6.47. The molecule has 1 aromatic heterocycles. The molecule has 1 aliphatic carbocycles. The summed E-state index contributed by atoms with van der Waals surface area (Å²) < 4.78 is 0. The van der Waals surface area contributed by atoms with Crippen molar-refractivity contribution < 1.29 is 9.59 Å². The molecule has 0 radical (unpaired) electrons. The fourth-order valence-electron chi connectivity index (χ4n) is 5.03. The van der Waals surface area contributed by atoms with E-state index in [0.717, 1.165) is 49.0 Å². The fraction of sp³-hybridized carbons (Fsp3) is 0.360. The number of aromatic nitrogens is 4. The lowest BCUT2D eigenvalue weighted by Gasteiger charge is -2.40. The quantitative estimate of drug-likeness (QED) is 0.505. The topological polar surface area (TPSA) is 132 Å². The third-order valence-corrected chi connectivity index (χ3v) is 6.98. The number of nitrogens with zero attached hydrogens (tertiary/aromatic N) is 6. The summed E-state index contributed by atoms with van der Waals surface area (Å²) in [4.78, 5) is 35.5. The molecule has 2 heterocycles. The summed E-state index contributed by atoms with van der Waals surface area (Å²) in [6.45, 7) is 0. The summed E-state index contributed by atoms with van der Waals surface area (Å²) in [6, 6.07) is 14.4. The van der Waals surface area contributed by atoms with Crippen LogP contribution < -0.4 is 20.4 Å². The lowest BCUT2D eigenvalue weighted by Crippen LogP contribution is -2.63. The minimum Gasteiger partial charge on any atom is -0.313 e. The Hall–Kier alpha value is -4.28. The third-order valence-electron chi connectivity index (χ3n) is 6.98. The van der Waals surface area contributed by atoms with E-state index in [2.05, 4.69) is 31.3 Å². The highest BCUT2D eigenvalue weighted by atomic mass is 16.2. The van der Waals surface area contributed by atoms with Crippen LogP contribution >= 0.6 is 0 Å². The fourth-order valence-corrected chi connectivity index (χ4v) is 5.03. The zero-order chi connectivity index (χ0) is 25.1. The Balaban J connectivity index is 1.42. The second-order valence-corrected chi connectivity index (χ2v) is 9.20. The van der Waals surface area contributed by atoms with Crippen molar-refractivity contribution in [1.82, 2.24) is 25.9 Å². The van der Waals surface area contributed by atoms with Gasteiger partial charge in [0.25, 0.3) is 5.91 Å². The van der Waals surface area contributed by atoms with Gasteiger partial charge in [-0.05, 0) is 47.5 Å². The molecule has 11 heteroatoms. The third kappa shape index (κ3) is 4.39. The van der Waals surface area contributed by atoms with Crippen LogP contribution in [0.4, 0.5) is 27.8 Å². The molecule has 0 unspecified atom stereocenters. The lowest BCUT2D eigenvalue weighted by atomic mass is 9.79. The summed E-state index contributed by atoms with van der Waals surface area (Å²) in [5.74, 6) is 0.125. The number of aliphatic imine (C=N–C) groups is 1. The summed E-state index contributed by atoms with van der Waals surface area (Å²) in [5.41, 5.74) is 1.55. The van der Waals surface area contributed by atoms with Gasteiger partial charge in [0, 0.05) is 43.2 Å². The number of amides is 3. The van der Waals surface area contributed by atoms with Gasteiger partial charge < -0.3 is 20.4 Å². The number of likely N-dealkylation sites (N-methyl/N-ethyl adjacent to an activating group) is 1. The van der Waals surface area contributed by atoms with Crippen LogP contribution in [-0.2, 0) is 4.79 Å². The van der Waals surface area contributed by atoms with Crippen molar-refractivity contribution in [3.8, 4) is 0 Å². The van der Waals surface area contributed by atoms with Gasteiger partial charge in [-0.3, -0.25) is 9.79 Å². The van der Waals surface area contributed by atoms with Crippen LogP contribution in [0.3, 0.4) is 0 Å². The van der Waals surface area contributed by atoms with E-state index in [-0.39, 0.29) is 11.8 Å². The van der Waals surface area contributed by atoms with E-state index in [9.17, 15) is 9.59 Å². The largest absolute Gasteiger partial charge is 0.321 e. The number of hydrogen-bond donors (Lipinski definition) is 3. The Bertz CT molecular complexity index is 1270. The number of rotatable bonds is 5. The highest BCUT2D eigenvalue weighted by Crippen LogP contribution is 2.38.